The number of hydrogen-bond donors (Lipinski definition) is 2. The van der Waals surface area contributed by atoms with E-state index in [0.717, 1.165) is 36.6 Å². The number of anilines is 1. The maximum absolute atomic E-state index is 11.5. The van der Waals surface area contributed by atoms with Gasteiger partial charge in [-0.05, 0) is 74.4 Å². The average Bonchev–Trinajstić information content (AvgIpc) is 3.37. The molecular formula is C28H31ClN6O2. The van der Waals surface area contributed by atoms with Crippen LogP contribution in [-0.2, 0) is 11.2 Å². The molecule has 1 saturated carbocycles. The van der Waals surface area contributed by atoms with Gasteiger partial charge in [-0.3, -0.25) is 4.79 Å². The number of likely N-dealkylation sites (N-methyl/N-ethyl adjacent to an activating group) is 1. The molecule has 192 valence electrons. The Morgan fingerprint density at radius 3 is 3.00 bits per heavy atom. The molecule has 1 aliphatic heterocycles. The second kappa shape index (κ2) is 9.91. The fourth-order valence-electron chi connectivity index (χ4n) is 5.74. The first-order valence-corrected chi connectivity index (χ1v) is 13.4. The molecule has 2 unspecified atom stereocenters. The summed E-state index contributed by atoms with van der Waals surface area (Å²) in [7, 11) is 2.12. The van der Waals surface area contributed by atoms with Crippen LogP contribution >= 0.6 is 11.6 Å². The minimum Gasteiger partial charge on any atom is -0.462 e. The van der Waals surface area contributed by atoms with Crippen LogP contribution in [-0.4, -0.2) is 65.1 Å². The standard InChI is InChI=1S/C28H31ClN6O2/c1-3-23(36)30-9-10-31-26-21-14-22(29)25(19-8-4-6-16-12-17-13-20(17)24(16)19)32-27(21)34-28(33-26)37-15-18-7-5-11-35(18)2/h3-4,6,8,14,17-18,20H,1,5,7,9-13,15H2,2H3,(H,30,36)(H,31,32,33,34)/t17?,18-,20?/m0/s1. The molecule has 1 aromatic carbocycles. The maximum Gasteiger partial charge on any atom is 0.320 e. The van der Waals surface area contributed by atoms with E-state index in [9.17, 15) is 4.79 Å². The Labute approximate surface area is 221 Å². The van der Waals surface area contributed by atoms with E-state index in [2.05, 4.69) is 52.3 Å². The van der Waals surface area contributed by atoms with E-state index >= 15 is 0 Å². The number of rotatable bonds is 9. The van der Waals surface area contributed by atoms with E-state index < -0.39 is 0 Å². The van der Waals surface area contributed by atoms with E-state index in [1.165, 1.54) is 30.0 Å². The molecule has 3 atom stereocenters. The highest BCUT2D eigenvalue weighted by Crippen LogP contribution is 2.58. The lowest BCUT2D eigenvalue weighted by Crippen LogP contribution is -2.31. The molecule has 37 heavy (non-hydrogen) atoms. The predicted octanol–water partition coefficient (Wildman–Crippen LogP) is 4.19. The number of nitrogens with one attached hydrogen (secondary N) is 2. The van der Waals surface area contributed by atoms with Crippen LogP contribution in [0.1, 0.15) is 36.3 Å². The quantitative estimate of drug-likeness (QED) is 0.324. The Balaban J connectivity index is 1.34. The molecule has 2 aromatic heterocycles. The lowest BCUT2D eigenvalue weighted by atomic mass is 9.97. The zero-order chi connectivity index (χ0) is 25.5. The monoisotopic (exact) mass is 518 g/mol. The van der Waals surface area contributed by atoms with Gasteiger partial charge in [0.25, 0.3) is 0 Å². The molecule has 2 fully saturated rings. The van der Waals surface area contributed by atoms with Crippen LogP contribution in [0.2, 0.25) is 5.02 Å². The van der Waals surface area contributed by atoms with Crippen molar-refractivity contribution in [3.63, 3.8) is 0 Å². The van der Waals surface area contributed by atoms with Gasteiger partial charge in [0.05, 0.1) is 16.1 Å². The summed E-state index contributed by atoms with van der Waals surface area (Å²) in [4.78, 5) is 28.1. The lowest BCUT2D eigenvalue weighted by Gasteiger charge is -2.19. The van der Waals surface area contributed by atoms with Crippen LogP contribution in [0.15, 0.2) is 36.9 Å². The first kappa shape index (κ1) is 24.1. The summed E-state index contributed by atoms with van der Waals surface area (Å²) in [5.41, 5.74) is 5.19. The molecule has 1 saturated heterocycles. The van der Waals surface area contributed by atoms with E-state index in [-0.39, 0.29) is 11.9 Å². The van der Waals surface area contributed by atoms with Crippen molar-refractivity contribution in [2.24, 2.45) is 5.92 Å². The van der Waals surface area contributed by atoms with Crippen molar-refractivity contribution < 1.29 is 9.53 Å². The minimum atomic E-state index is -0.221. The third kappa shape index (κ3) is 4.76. The van der Waals surface area contributed by atoms with Gasteiger partial charge in [0.15, 0.2) is 5.65 Å². The summed E-state index contributed by atoms with van der Waals surface area (Å²) >= 11 is 6.85. The molecular weight excluding hydrogens is 488 g/mol. The van der Waals surface area contributed by atoms with E-state index in [1.54, 1.807) is 0 Å². The third-order valence-corrected chi connectivity index (χ3v) is 8.11. The topological polar surface area (TPSA) is 92.3 Å². The van der Waals surface area contributed by atoms with E-state index in [0.29, 0.717) is 53.5 Å². The number of halogens is 1. The third-order valence-electron chi connectivity index (χ3n) is 7.83. The van der Waals surface area contributed by atoms with Gasteiger partial charge in [-0.1, -0.05) is 36.4 Å². The van der Waals surface area contributed by atoms with Gasteiger partial charge in [0.1, 0.15) is 12.4 Å². The number of aromatic nitrogens is 3. The fraction of sp³-hybridized carbons (Fsp3) is 0.429. The smallest absolute Gasteiger partial charge is 0.320 e. The van der Waals surface area contributed by atoms with E-state index in [4.69, 9.17) is 26.3 Å². The molecule has 2 N–H and O–H groups in total. The largest absolute Gasteiger partial charge is 0.462 e. The van der Waals surface area contributed by atoms with Crippen LogP contribution in [0.5, 0.6) is 6.01 Å². The predicted molar refractivity (Wildman–Crippen MR) is 145 cm³/mol. The van der Waals surface area contributed by atoms with Crippen LogP contribution < -0.4 is 15.4 Å². The number of benzene rings is 1. The van der Waals surface area contributed by atoms with Crippen molar-refractivity contribution in [1.29, 1.82) is 0 Å². The number of nitrogens with zero attached hydrogens (tertiary/aromatic N) is 4. The number of fused-ring (bicyclic) bond motifs is 4. The second-order valence-corrected chi connectivity index (χ2v) is 10.6. The van der Waals surface area contributed by atoms with Crippen LogP contribution in [0.4, 0.5) is 5.82 Å². The maximum atomic E-state index is 11.5. The molecule has 2 aliphatic carbocycles. The first-order valence-electron chi connectivity index (χ1n) is 13.0. The summed E-state index contributed by atoms with van der Waals surface area (Å²) in [6.07, 6.45) is 5.91. The molecule has 8 nitrogen and oxygen atoms in total. The highest BCUT2D eigenvalue weighted by Gasteiger charge is 2.46. The van der Waals surface area contributed by atoms with Crippen molar-refractivity contribution in [3.8, 4) is 17.3 Å². The molecule has 0 radical (unpaired) electrons. The van der Waals surface area contributed by atoms with Gasteiger partial charge in [0, 0.05) is 24.7 Å². The summed E-state index contributed by atoms with van der Waals surface area (Å²) in [5, 5.41) is 7.34. The van der Waals surface area contributed by atoms with Crippen LogP contribution in [0.25, 0.3) is 22.3 Å². The summed E-state index contributed by atoms with van der Waals surface area (Å²) in [6.45, 7) is 5.95. The zero-order valence-electron chi connectivity index (χ0n) is 21.0. The molecule has 3 heterocycles. The number of amides is 1. The van der Waals surface area contributed by atoms with Gasteiger partial charge in [0.2, 0.25) is 5.91 Å². The van der Waals surface area contributed by atoms with Gasteiger partial charge in [-0.2, -0.15) is 9.97 Å². The highest BCUT2D eigenvalue weighted by molar-refractivity contribution is 6.34. The number of likely N-dealkylation sites (tertiary alicyclic amines) is 1. The van der Waals surface area contributed by atoms with Gasteiger partial charge >= 0.3 is 6.01 Å². The van der Waals surface area contributed by atoms with Crippen molar-refractivity contribution in [1.82, 2.24) is 25.2 Å². The average molecular weight is 519 g/mol. The number of ether oxygens (including phenoxy) is 1. The number of pyridine rings is 1. The Morgan fingerprint density at radius 1 is 1.30 bits per heavy atom. The normalized spacial score (nSPS) is 21.9. The molecule has 3 aliphatic rings. The Kier molecular flexibility index (Phi) is 6.46. The Hall–Kier alpha value is -3.23. The molecule has 6 rings (SSSR count). The van der Waals surface area contributed by atoms with E-state index in [1.807, 2.05) is 6.07 Å². The molecule has 3 aromatic rings. The highest BCUT2D eigenvalue weighted by atomic mass is 35.5. The van der Waals surface area contributed by atoms with Crippen molar-refractivity contribution in [2.45, 2.75) is 37.6 Å². The summed E-state index contributed by atoms with van der Waals surface area (Å²) < 4.78 is 6.08. The Bertz CT molecular complexity index is 1380. The molecule has 0 spiro atoms. The zero-order valence-corrected chi connectivity index (χ0v) is 21.7. The molecule has 0 bridgehead atoms. The fourth-order valence-corrected chi connectivity index (χ4v) is 6.00. The van der Waals surface area contributed by atoms with Gasteiger partial charge in [-0.15, -0.1) is 0 Å². The number of carbonyl (C=O) groups excluding carboxylic acids is 1. The Morgan fingerprint density at radius 2 is 2.19 bits per heavy atom. The lowest BCUT2D eigenvalue weighted by molar-refractivity contribution is -0.116. The molecule has 9 heteroatoms. The number of hydrogen-bond acceptors (Lipinski definition) is 7. The summed E-state index contributed by atoms with van der Waals surface area (Å²) in [5.74, 6) is 1.75. The SMILES string of the molecule is C=CC(=O)NCCNc1nc(OC[C@@H]2CCCN2C)nc2nc(-c3cccc4c3C3CC3C4)c(Cl)cc12. The number of carbonyl (C=O) groups is 1. The van der Waals surface area contributed by atoms with Crippen molar-refractivity contribution in [2.75, 3.05) is 38.6 Å². The van der Waals surface area contributed by atoms with Crippen LogP contribution in [0.3, 0.4) is 0 Å². The first-order chi connectivity index (χ1) is 18.0. The molecule has 1 amide bonds. The minimum absolute atomic E-state index is 0.221. The van der Waals surface area contributed by atoms with Gasteiger partial charge < -0.3 is 20.3 Å². The van der Waals surface area contributed by atoms with Crippen molar-refractivity contribution in [3.05, 3.63) is 53.1 Å². The van der Waals surface area contributed by atoms with Crippen LogP contribution in [0, 0.1) is 5.92 Å². The summed E-state index contributed by atoms with van der Waals surface area (Å²) in [6, 6.07) is 8.95. The van der Waals surface area contributed by atoms with Gasteiger partial charge in [-0.25, -0.2) is 4.98 Å². The second-order valence-electron chi connectivity index (χ2n) is 10.2. The van der Waals surface area contributed by atoms with Crippen molar-refractivity contribution >= 4 is 34.4 Å².